The molecule has 110 valence electrons. The Balaban J connectivity index is 2.08. The van der Waals surface area contributed by atoms with Crippen molar-refractivity contribution >= 4 is 11.7 Å². The van der Waals surface area contributed by atoms with Gasteiger partial charge in [0.25, 0.3) is 0 Å². The van der Waals surface area contributed by atoms with Gasteiger partial charge in [-0.25, -0.2) is 4.79 Å². The van der Waals surface area contributed by atoms with Crippen molar-refractivity contribution in [2.24, 2.45) is 0 Å². The van der Waals surface area contributed by atoms with Crippen LogP contribution in [0.15, 0.2) is 12.1 Å². The van der Waals surface area contributed by atoms with Gasteiger partial charge in [-0.2, -0.15) is 0 Å². The summed E-state index contributed by atoms with van der Waals surface area (Å²) in [5, 5.41) is 6.23. The Morgan fingerprint density at radius 3 is 2.65 bits per heavy atom. The Kier molecular flexibility index (Phi) is 4.84. The molecule has 0 aliphatic carbocycles. The minimum Gasteiger partial charge on any atom is -0.494 e. The second kappa shape index (κ2) is 6.61. The number of ether oxygens (including phenoxy) is 1. The van der Waals surface area contributed by atoms with E-state index in [0.29, 0.717) is 6.61 Å². The minimum atomic E-state index is -0.0295. The summed E-state index contributed by atoms with van der Waals surface area (Å²) in [6.45, 7) is 9.80. The summed E-state index contributed by atoms with van der Waals surface area (Å²) < 4.78 is 5.56. The number of nitrogens with one attached hydrogen (secondary N) is 2. The van der Waals surface area contributed by atoms with E-state index < -0.39 is 0 Å². The van der Waals surface area contributed by atoms with E-state index in [1.165, 1.54) is 0 Å². The van der Waals surface area contributed by atoms with E-state index in [2.05, 4.69) is 10.6 Å². The fourth-order valence-corrected chi connectivity index (χ4v) is 2.30. The Morgan fingerprint density at radius 2 is 2.00 bits per heavy atom. The van der Waals surface area contributed by atoms with E-state index in [1.807, 2.05) is 37.8 Å². The third-order valence-electron chi connectivity index (χ3n) is 3.47. The van der Waals surface area contributed by atoms with Crippen LogP contribution < -0.4 is 15.4 Å². The van der Waals surface area contributed by atoms with Crippen LogP contribution in [0, 0.1) is 13.8 Å². The molecule has 1 aromatic carbocycles. The molecular weight excluding hydrogens is 254 g/mol. The van der Waals surface area contributed by atoms with Gasteiger partial charge in [0.15, 0.2) is 0 Å². The highest BCUT2D eigenvalue weighted by Crippen LogP contribution is 2.26. The van der Waals surface area contributed by atoms with Crippen LogP contribution in [0.3, 0.4) is 0 Å². The number of amides is 2. The lowest BCUT2D eigenvalue weighted by Gasteiger charge is -2.28. The number of hydrogen-bond acceptors (Lipinski definition) is 3. The standard InChI is InChI=1S/C15H23N3O2/c1-4-20-14-10-11(2)13(9-12(14)3)17-15(19)18-7-5-16-6-8-18/h9-10,16H,4-8H2,1-3H3,(H,17,19). The number of carbonyl (C=O) groups excluding carboxylic acids is 1. The molecule has 1 heterocycles. The number of hydrogen-bond donors (Lipinski definition) is 2. The third-order valence-corrected chi connectivity index (χ3v) is 3.47. The van der Waals surface area contributed by atoms with E-state index in [1.54, 1.807) is 0 Å². The fourth-order valence-electron chi connectivity index (χ4n) is 2.30. The molecule has 5 heteroatoms. The quantitative estimate of drug-likeness (QED) is 0.890. The molecule has 2 N–H and O–H groups in total. The minimum absolute atomic E-state index is 0.0295. The highest BCUT2D eigenvalue weighted by molar-refractivity contribution is 5.90. The van der Waals surface area contributed by atoms with Gasteiger partial charge in [0.1, 0.15) is 5.75 Å². The molecule has 0 saturated carbocycles. The first kappa shape index (κ1) is 14.7. The van der Waals surface area contributed by atoms with E-state index in [4.69, 9.17) is 4.74 Å². The van der Waals surface area contributed by atoms with Crippen LogP contribution in [-0.4, -0.2) is 43.7 Å². The van der Waals surface area contributed by atoms with Crippen molar-refractivity contribution < 1.29 is 9.53 Å². The van der Waals surface area contributed by atoms with Crippen molar-refractivity contribution in [1.82, 2.24) is 10.2 Å². The molecule has 1 aliphatic heterocycles. The summed E-state index contributed by atoms with van der Waals surface area (Å²) in [5.41, 5.74) is 2.91. The number of anilines is 1. The van der Waals surface area contributed by atoms with Gasteiger partial charge in [0, 0.05) is 31.9 Å². The Labute approximate surface area is 120 Å². The van der Waals surface area contributed by atoms with Crippen molar-refractivity contribution in [2.75, 3.05) is 38.1 Å². The first-order chi connectivity index (χ1) is 9.61. The first-order valence-corrected chi connectivity index (χ1v) is 7.12. The van der Waals surface area contributed by atoms with Crippen LogP contribution in [-0.2, 0) is 0 Å². The lowest BCUT2D eigenvalue weighted by Crippen LogP contribution is -2.48. The van der Waals surface area contributed by atoms with Gasteiger partial charge in [-0.1, -0.05) is 0 Å². The Bertz CT molecular complexity index is 482. The van der Waals surface area contributed by atoms with Gasteiger partial charge in [0.05, 0.1) is 6.61 Å². The number of urea groups is 1. The summed E-state index contributed by atoms with van der Waals surface area (Å²) in [4.78, 5) is 14.0. The molecule has 0 unspecified atom stereocenters. The second-order valence-electron chi connectivity index (χ2n) is 5.03. The zero-order chi connectivity index (χ0) is 14.5. The zero-order valence-corrected chi connectivity index (χ0v) is 12.5. The smallest absolute Gasteiger partial charge is 0.321 e. The Morgan fingerprint density at radius 1 is 1.30 bits per heavy atom. The van der Waals surface area contributed by atoms with Crippen LogP contribution in [0.5, 0.6) is 5.75 Å². The van der Waals surface area contributed by atoms with Crippen molar-refractivity contribution in [3.05, 3.63) is 23.3 Å². The van der Waals surface area contributed by atoms with Crippen molar-refractivity contribution in [3.63, 3.8) is 0 Å². The molecule has 0 bridgehead atoms. The lowest BCUT2D eigenvalue weighted by molar-refractivity contribution is 0.204. The van der Waals surface area contributed by atoms with Crippen molar-refractivity contribution in [1.29, 1.82) is 0 Å². The predicted molar refractivity (Wildman–Crippen MR) is 80.5 cm³/mol. The van der Waals surface area contributed by atoms with Gasteiger partial charge < -0.3 is 20.3 Å². The highest BCUT2D eigenvalue weighted by Gasteiger charge is 2.17. The van der Waals surface area contributed by atoms with Crippen molar-refractivity contribution in [2.45, 2.75) is 20.8 Å². The van der Waals surface area contributed by atoms with Crippen LogP contribution >= 0.6 is 0 Å². The van der Waals surface area contributed by atoms with Gasteiger partial charge >= 0.3 is 6.03 Å². The molecule has 0 spiro atoms. The van der Waals surface area contributed by atoms with Gasteiger partial charge in [-0.3, -0.25) is 0 Å². The van der Waals surface area contributed by atoms with Gasteiger partial charge in [-0.15, -0.1) is 0 Å². The molecule has 0 radical (unpaired) electrons. The normalized spacial score (nSPS) is 15.1. The maximum atomic E-state index is 12.2. The van der Waals surface area contributed by atoms with Crippen LogP contribution in [0.25, 0.3) is 0 Å². The molecule has 1 saturated heterocycles. The number of rotatable bonds is 3. The zero-order valence-electron chi connectivity index (χ0n) is 12.5. The maximum absolute atomic E-state index is 12.2. The van der Waals surface area contributed by atoms with E-state index in [0.717, 1.165) is 48.7 Å². The lowest BCUT2D eigenvalue weighted by atomic mass is 10.1. The van der Waals surface area contributed by atoms with Gasteiger partial charge in [-0.05, 0) is 44.0 Å². The maximum Gasteiger partial charge on any atom is 0.321 e. The number of aryl methyl sites for hydroxylation is 2. The van der Waals surface area contributed by atoms with E-state index in [9.17, 15) is 4.79 Å². The third kappa shape index (κ3) is 3.42. The molecule has 1 fully saturated rings. The van der Waals surface area contributed by atoms with Crippen LogP contribution in [0.2, 0.25) is 0 Å². The average molecular weight is 277 g/mol. The van der Waals surface area contributed by atoms with Crippen LogP contribution in [0.4, 0.5) is 10.5 Å². The number of nitrogens with zero attached hydrogens (tertiary/aromatic N) is 1. The SMILES string of the molecule is CCOc1cc(C)c(NC(=O)N2CCNCC2)cc1C. The number of benzene rings is 1. The monoisotopic (exact) mass is 277 g/mol. The molecule has 0 aromatic heterocycles. The molecule has 2 amide bonds. The number of carbonyl (C=O) groups is 1. The highest BCUT2D eigenvalue weighted by atomic mass is 16.5. The first-order valence-electron chi connectivity index (χ1n) is 7.12. The molecule has 1 aliphatic rings. The predicted octanol–water partition coefficient (Wildman–Crippen LogP) is 2.14. The molecule has 2 rings (SSSR count). The largest absolute Gasteiger partial charge is 0.494 e. The number of piperazine rings is 1. The van der Waals surface area contributed by atoms with E-state index in [-0.39, 0.29) is 6.03 Å². The summed E-state index contributed by atoms with van der Waals surface area (Å²) in [6, 6.07) is 3.92. The molecule has 20 heavy (non-hydrogen) atoms. The topological polar surface area (TPSA) is 53.6 Å². The van der Waals surface area contributed by atoms with Crippen LogP contribution in [0.1, 0.15) is 18.1 Å². The summed E-state index contributed by atoms with van der Waals surface area (Å²) in [6.07, 6.45) is 0. The second-order valence-corrected chi connectivity index (χ2v) is 5.03. The Hall–Kier alpha value is -1.75. The van der Waals surface area contributed by atoms with Crippen molar-refractivity contribution in [3.8, 4) is 5.75 Å². The summed E-state index contributed by atoms with van der Waals surface area (Å²) >= 11 is 0. The fraction of sp³-hybridized carbons (Fsp3) is 0.533. The molecule has 0 atom stereocenters. The van der Waals surface area contributed by atoms with E-state index >= 15 is 0 Å². The molecule has 5 nitrogen and oxygen atoms in total. The molecule has 1 aromatic rings. The summed E-state index contributed by atoms with van der Waals surface area (Å²) in [7, 11) is 0. The molecular formula is C15H23N3O2. The summed E-state index contributed by atoms with van der Waals surface area (Å²) in [5.74, 6) is 0.880. The van der Waals surface area contributed by atoms with Gasteiger partial charge in [0.2, 0.25) is 0 Å². The average Bonchev–Trinajstić information content (AvgIpc) is 2.45.